The van der Waals surface area contributed by atoms with E-state index in [1.807, 2.05) is 30.3 Å². The molecule has 0 radical (unpaired) electrons. The van der Waals surface area contributed by atoms with Crippen LogP contribution in [0.4, 0.5) is 0 Å². The van der Waals surface area contributed by atoms with Crippen LogP contribution in [0.15, 0.2) is 91.0 Å². The molecule has 1 unspecified atom stereocenters. The van der Waals surface area contributed by atoms with Crippen LogP contribution in [0.5, 0.6) is 5.75 Å². The number of hydrogen-bond acceptors (Lipinski definition) is 2. The van der Waals surface area contributed by atoms with Gasteiger partial charge in [0.1, 0.15) is 5.75 Å². The molecule has 3 aromatic carbocycles. The molecule has 0 heterocycles. The van der Waals surface area contributed by atoms with E-state index in [0.29, 0.717) is 0 Å². The van der Waals surface area contributed by atoms with Crippen molar-refractivity contribution in [3.63, 3.8) is 0 Å². The van der Waals surface area contributed by atoms with E-state index in [1.165, 1.54) is 11.1 Å². The van der Waals surface area contributed by atoms with Crippen molar-refractivity contribution in [1.82, 2.24) is 5.32 Å². The largest absolute Gasteiger partial charge is 0.496 e. The normalized spacial score (nSPS) is 12.2. The van der Waals surface area contributed by atoms with Gasteiger partial charge in [-0.15, -0.1) is 0 Å². The molecule has 0 saturated heterocycles. The second-order valence-corrected chi connectivity index (χ2v) is 5.85. The number of ether oxygens (including phenoxy) is 1. The molecule has 0 aliphatic carbocycles. The van der Waals surface area contributed by atoms with Gasteiger partial charge in [0.15, 0.2) is 0 Å². The van der Waals surface area contributed by atoms with Gasteiger partial charge in [0.2, 0.25) is 0 Å². The number of rotatable bonds is 7. The van der Waals surface area contributed by atoms with Gasteiger partial charge in [-0.05, 0) is 17.2 Å². The van der Waals surface area contributed by atoms with Crippen molar-refractivity contribution in [2.75, 3.05) is 7.11 Å². The summed E-state index contributed by atoms with van der Waals surface area (Å²) in [5.74, 6) is 0.911. The summed E-state index contributed by atoms with van der Waals surface area (Å²) in [6, 6.07) is 29.1. The minimum atomic E-state index is 0.131. The van der Waals surface area contributed by atoms with E-state index in [9.17, 15) is 0 Å². The zero-order valence-corrected chi connectivity index (χ0v) is 14.4. The highest BCUT2D eigenvalue weighted by Gasteiger charge is 2.09. The fraction of sp³-hybridized carbons (Fsp3) is 0.130. The molecule has 2 nitrogen and oxygen atoms in total. The maximum Gasteiger partial charge on any atom is 0.123 e. The van der Waals surface area contributed by atoms with Gasteiger partial charge in [-0.3, -0.25) is 0 Å². The highest BCUT2D eigenvalue weighted by atomic mass is 16.5. The summed E-state index contributed by atoms with van der Waals surface area (Å²) in [5.41, 5.74) is 3.59. The topological polar surface area (TPSA) is 21.3 Å². The lowest BCUT2D eigenvalue weighted by Crippen LogP contribution is -2.19. The lowest BCUT2D eigenvalue weighted by Gasteiger charge is -2.17. The van der Waals surface area contributed by atoms with E-state index in [2.05, 4.69) is 72.1 Å². The van der Waals surface area contributed by atoms with Crippen molar-refractivity contribution in [2.24, 2.45) is 0 Å². The second-order valence-electron chi connectivity index (χ2n) is 5.85. The van der Waals surface area contributed by atoms with Gasteiger partial charge >= 0.3 is 0 Å². The molecule has 0 aliphatic heterocycles. The summed E-state index contributed by atoms with van der Waals surface area (Å²) >= 11 is 0. The molecule has 25 heavy (non-hydrogen) atoms. The van der Waals surface area contributed by atoms with Gasteiger partial charge in [-0.1, -0.05) is 91.0 Å². The Morgan fingerprint density at radius 2 is 1.48 bits per heavy atom. The van der Waals surface area contributed by atoms with Crippen LogP contribution in [0.3, 0.4) is 0 Å². The van der Waals surface area contributed by atoms with Gasteiger partial charge in [-0.2, -0.15) is 0 Å². The Bertz CT molecular complexity index is 797. The number of hydrogen-bond donors (Lipinski definition) is 1. The predicted octanol–water partition coefficient (Wildman–Crippen LogP) is 5.24. The van der Waals surface area contributed by atoms with Gasteiger partial charge in [0, 0.05) is 12.1 Å². The van der Waals surface area contributed by atoms with Gasteiger partial charge in [0.25, 0.3) is 0 Å². The Hall–Kier alpha value is -2.84. The monoisotopic (exact) mass is 329 g/mol. The van der Waals surface area contributed by atoms with Gasteiger partial charge in [0.05, 0.1) is 13.2 Å². The van der Waals surface area contributed by atoms with Crippen molar-refractivity contribution in [3.8, 4) is 5.75 Å². The molecule has 0 aliphatic rings. The first kappa shape index (κ1) is 17.0. The van der Waals surface area contributed by atoms with E-state index in [4.69, 9.17) is 4.74 Å². The average Bonchev–Trinajstić information content (AvgIpc) is 2.70. The Labute approximate surface area is 149 Å². The van der Waals surface area contributed by atoms with Gasteiger partial charge < -0.3 is 10.1 Å². The summed E-state index contributed by atoms with van der Waals surface area (Å²) in [4.78, 5) is 0. The highest BCUT2D eigenvalue weighted by molar-refractivity contribution is 5.50. The quantitative estimate of drug-likeness (QED) is 0.640. The third-order valence-electron chi connectivity index (χ3n) is 4.14. The van der Waals surface area contributed by atoms with E-state index >= 15 is 0 Å². The smallest absolute Gasteiger partial charge is 0.123 e. The van der Waals surface area contributed by atoms with Crippen molar-refractivity contribution in [1.29, 1.82) is 0 Å². The van der Waals surface area contributed by atoms with Crippen LogP contribution < -0.4 is 10.1 Å². The fourth-order valence-electron chi connectivity index (χ4n) is 2.80. The molecule has 1 N–H and O–H groups in total. The zero-order chi connectivity index (χ0) is 17.3. The van der Waals surface area contributed by atoms with E-state index < -0.39 is 0 Å². The van der Waals surface area contributed by atoms with E-state index in [0.717, 1.165) is 17.9 Å². The Morgan fingerprint density at radius 1 is 0.840 bits per heavy atom. The molecule has 1 atom stereocenters. The minimum absolute atomic E-state index is 0.131. The van der Waals surface area contributed by atoms with Crippen LogP contribution in [0, 0.1) is 0 Å². The Morgan fingerprint density at radius 3 is 2.20 bits per heavy atom. The number of benzene rings is 3. The van der Waals surface area contributed by atoms with Crippen molar-refractivity contribution in [2.45, 2.75) is 12.6 Å². The summed E-state index contributed by atoms with van der Waals surface area (Å²) in [5, 5.41) is 3.63. The lowest BCUT2D eigenvalue weighted by atomic mass is 10.0. The van der Waals surface area contributed by atoms with Crippen LogP contribution in [0.2, 0.25) is 0 Å². The maximum atomic E-state index is 5.45. The molecule has 0 amide bonds. The molecular weight excluding hydrogens is 306 g/mol. The van der Waals surface area contributed by atoms with Crippen molar-refractivity contribution >= 4 is 6.08 Å². The molecule has 0 bridgehead atoms. The molecule has 0 saturated carbocycles. The second kappa shape index (κ2) is 8.86. The highest BCUT2D eigenvalue weighted by Crippen LogP contribution is 2.20. The van der Waals surface area contributed by atoms with Crippen LogP contribution in [0.1, 0.15) is 22.7 Å². The number of para-hydroxylation sites is 1. The van der Waals surface area contributed by atoms with Gasteiger partial charge in [-0.25, -0.2) is 0 Å². The minimum Gasteiger partial charge on any atom is -0.496 e. The zero-order valence-electron chi connectivity index (χ0n) is 14.4. The maximum absolute atomic E-state index is 5.45. The standard InChI is InChI=1S/C23H23NO/c1-25-23-15-9-8-14-21(23)18-24-22(20-12-6-3-7-13-20)17-16-19-10-4-2-5-11-19/h2-17,22,24H,18H2,1H3/b17-16+. The fourth-order valence-corrected chi connectivity index (χ4v) is 2.80. The Balaban J connectivity index is 1.78. The van der Waals surface area contributed by atoms with Crippen LogP contribution in [0.25, 0.3) is 6.08 Å². The number of methoxy groups -OCH3 is 1. The van der Waals surface area contributed by atoms with E-state index in [-0.39, 0.29) is 6.04 Å². The first-order valence-electron chi connectivity index (χ1n) is 8.50. The average molecular weight is 329 g/mol. The molecule has 3 rings (SSSR count). The third kappa shape index (κ3) is 4.82. The molecule has 0 aromatic heterocycles. The first-order chi connectivity index (χ1) is 12.4. The number of nitrogens with one attached hydrogen (secondary N) is 1. The van der Waals surface area contributed by atoms with Crippen molar-refractivity contribution in [3.05, 3.63) is 108 Å². The summed E-state index contributed by atoms with van der Waals surface area (Å²) < 4.78 is 5.45. The molecule has 0 fully saturated rings. The molecular formula is C23H23NO. The predicted molar refractivity (Wildman–Crippen MR) is 104 cm³/mol. The van der Waals surface area contributed by atoms with Crippen LogP contribution >= 0.6 is 0 Å². The third-order valence-corrected chi connectivity index (χ3v) is 4.14. The molecule has 3 aromatic rings. The van der Waals surface area contributed by atoms with Crippen LogP contribution in [-0.2, 0) is 6.54 Å². The molecule has 2 heteroatoms. The first-order valence-corrected chi connectivity index (χ1v) is 8.50. The van der Waals surface area contributed by atoms with E-state index in [1.54, 1.807) is 7.11 Å². The summed E-state index contributed by atoms with van der Waals surface area (Å²) in [6.07, 6.45) is 4.37. The van der Waals surface area contributed by atoms with Crippen LogP contribution in [-0.4, -0.2) is 7.11 Å². The SMILES string of the molecule is COc1ccccc1CNC(/C=C/c1ccccc1)c1ccccc1. The molecule has 126 valence electrons. The summed E-state index contributed by atoms with van der Waals surface area (Å²) in [7, 11) is 1.71. The summed E-state index contributed by atoms with van der Waals surface area (Å²) in [6.45, 7) is 0.739. The lowest BCUT2D eigenvalue weighted by molar-refractivity contribution is 0.407. The van der Waals surface area contributed by atoms with Crippen molar-refractivity contribution < 1.29 is 4.74 Å². The Kier molecular flexibility index (Phi) is 6.02. The molecule has 0 spiro atoms.